The van der Waals surface area contributed by atoms with Crippen molar-refractivity contribution in [3.05, 3.63) is 89.3 Å². The van der Waals surface area contributed by atoms with Crippen LogP contribution in [0, 0.1) is 13.8 Å². The van der Waals surface area contributed by atoms with Crippen molar-refractivity contribution in [2.45, 2.75) is 13.8 Å². The number of hydrogen-bond acceptors (Lipinski definition) is 3. The molecule has 0 aliphatic rings. The summed E-state index contributed by atoms with van der Waals surface area (Å²) >= 11 is 0. The third-order valence-electron chi connectivity index (χ3n) is 3.78. The molecule has 0 radical (unpaired) electrons. The first-order valence-electron chi connectivity index (χ1n) is 8.16. The van der Waals surface area contributed by atoms with E-state index in [0.29, 0.717) is 5.56 Å². The quantitative estimate of drug-likeness (QED) is 0.652. The van der Waals surface area contributed by atoms with Crippen LogP contribution in [-0.4, -0.2) is 22.4 Å². The molecule has 0 saturated heterocycles. The zero-order chi connectivity index (χ0) is 17.6. The molecule has 0 aliphatic heterocycles. The molecule has 3 aromatic rings. The van der Waals surface area contributed by atoms with Crippen LogP contribution in [0.4, 0.5) is 0 Å². The first-order valence-corrected chi connectivity index (χ1v) is 8.16. The molecule has 2 aromatic carbocycles. The van der Waals surface area contributed by atoms with Crippen LogP contribution in [0.25, 0.3) is 11.8 Å². The molecule has 0 aliphatic carbocycles. The molecule has 4 nitrogen and oxygen atoms in total. The summed E-state index contributed by atoms with van der Waals surface area (Å²) in [6.45, 7) is 4.20. The van der Waals surface area contributed by atoms with Gasteiger partial charge < -0.3 is 4.74 Å². The van der Waals surface area contributed by atoms with Gasteiger partial charge in [0.15, 0.2) is 0 Å². The first kappa shape index (κ1) is 16.7. The smallest absolute Gasteiger partial charge is 0.338 e. The van der Waals surface area contributed by atoms with E-state index in [0.717, 1.165) is 22.6 Å². The van der Waals surface area contributed by atoms with Crippen LogP contribution in [0.2, 0.25) is 0 Å². The fourth-order valence-electron chi connectivity index (χ4n) is 2.58. The number of aromatic nitrogens is 2. The van der Waals surface area contributed by atoms with Gasteiger partial charge in [-0.1, -0.05) is 36.4 Å². The number of esters is 1. The molecule has 3 rings (SSSR count). The Labute approximate surface area is 147 Å². The second kappa shape index (κ2) is 7.62. The largest absolute Gasteiger partial charge is 0.458 e. The number of rotatable bonds is 5. The Morgan fingerprint density at radius 2 is 1.80 bits per heavy atom. The summed E-state index contributed by atoms with van der Waals surface area (Å²) in [5.74, 6) is -0.336. The normalized spacial score (nSPS) is 11.0. The van der Waals surface area contributed by atoms with Crippen molar-refractivity contribution in [1.29, 1.82) is 0 Å². The SMILES string of the molecule is Cc1cc(C)n(-c2ccc(C(=O)OCC=Cc3ccccc3)cc2)n1. The Morgan fingerprint density at radius 1 is 1.08 bits per heavy atom. The van der Waals surface area contributed by atoms with Crippen molar-refractivity contribution < 1.29 is 9.53 Å². The highest BCUT2D eigenvalue weighted by Crippen LogP contribution is 2.13. The fourth-order valence-corrected chi connectivity index (χ4v) is 2.58. The molecule has 0 saturated carbocycles. The third-order valence-corrected chi connectivity index (χ3v) is 3.78. The highest BCUT2D eigenvalue weighted by atomic mass is 16.5. The Kier molecular flexibility index (Phi) is 5.09. The second-order valence-electron chi connectivity index (χ2n) is 5.80. The minimum Gasteiger partial charge on any atom is -0.458 e. The molecule has 0 amide bonds. The summed E-state index contributed by atoms with van der Waals surface area (Å²) in [5, 5.41) is 4.44. The number of carbonyl (C=O) groups excluding carboxylic acids is 1. The van der Waals surface area contributed by atoms with Crippen molar-refractivity contribution in [1.82, 2.24) is 9.78 Å². The number of hydrogen-bond donors (Lipinski definition) is 0. The van der Waals surface area contributed by atoms with Crippen LogP contribution in [0.3, 0.4) is 0 Å². The van der Waals surface area contributed by atoms with Gasteiger partial charge in [-0.25, -0.2) is 9.48 Å². The van der Waals surface area contributed by atoms with Crippen LogP contribution in [0.15, 0.2) is 66.7 Å². The van der Waals surface area contributed by atoms with Gasteiger partial charge in [0.2, 0.25) is 0 Å². The zero-order valence-corrected chi connectivity index (χ0v) is 14.3. The molecule has 126 valence electrons. The standard InChI is InChI=1S/C21H20N2O2/c1-16-15-17(2)23(22-16)20-12-10-19(11-13-20)21(24)25-14-6-9-18-7-4-3-5-8-18/h3-13,15H,14H2,1-2H3. The predicted octanol–water partition coefficient (Wildman–Crippen LogP) is 4.36. The molecule has 0 spiro atoms. The maximum atomic E-state index is 12.1. The molecule has 1 heterocycles. The Hall–Kier alpha value is -3.14. The summed E-state index contributed by atoms with van der Waals surface area (Å²) in [6.07, 6.45) is 3.76. The minimum atomic E-state index is -0.336. The van der Waals surface area contributed by atoms with E-state index in [4.69, 9.17) is 4.74 Å². The van der Waals surface area contributed by atoms with Gasteiger partial charge in [0.25, 0.3) is 0 Å². The van der Waals surface area contributed by atoms with Gasteiger partial charge in [0, 0.05) is 5.69 Å². The van der Waals surface area contributed by atoms with Crippen molar-refractivity contribution in [3.63, 3.8) is 0 Å². The van der Waals surface area contributed by atoms with E-state index in [9.17, 15) is 4.79 Å². The molecule has 0 bridgehead atoms. The minimum absolute atomic E-state index is 0.243. The summed E-state index contributed by atoms with van der Waals surface area (Å²) in [5.41, 5.74) is 4.54. The van der Waals surface area contributed by atoms with Gasteiger partial charge in [-0.2, -0.15) is 5.10 Å². The van der Waals surface area contributed by atoms with Crippen LogP contribution < -0.4 is 0 Å². The third kappa shape index (κ3) is 4.23. The number of aryl methyl sites for hydroxylation is 2. The molecule has 0 atom stereocenters. The van der Waals surface area contributed by atoms with E-state index in [1.807, 2.05) is 79.2 Å². The number of carbonyl (C=O) groups is 1. The van der Waals surface area contributed by atoms with Crippen molar-refractivity contribution in [2.24, 2.45) is 0 Å². The van der Waals surface area contributed by atoms with Crippen LogP contribution >= 0.6 is 0 Å². The van der Waals surface area contributed by atoms with E-state index < -0.39 is 0 Å². The van der Waals surface area contributed by atoms with Crippen LogP contribution in [-0.2, 0) is 4.74 Å². The molecule has 0 N–H and O–H groups in total. The van der Waals surface area contributed by atoms with E-state index in [-0.39, 0.29) is 12.6 Å². The lowest BCUT2D eigenvalue weighted by Crippen LogP contribution is -2.06. The summed E-state index contributed by atoms with van der Waals surface area (Å²) < 4.78 is 7.13. The van der Waals surface area contributed by atoms with Crippen LogP contribution in [0.1, 0.15) is 27.3 Å². The summed E-state index contributed by atoms with van der Waals surface area (Å²) in [7, 11) is 0. The van der Waals surface area contributed by atoms with Gasteiger partial charge in [-0.15, -0.1) is 0 Å². The molecule has 0 fully saturated rings. The lowest BCUT2D eigenvalue weighted by Gasteiger charge is -2.06. The van der Waals surface area contributed by atoms with Gasteiger partial charge in [0.1, 0.15) is 6.61 Å². The first-order chi connectivity index (χ1) is 12.1. The molecule has 25 heavy (non-hydrogen) atoms. The summed E-state index contributed by atoms with van der Waals surface area (Å²) in [4.78, 5) is 12.1. The lowest BCUT2D eigenvalue weighted by molar-refractivity contribution is 0.0550. The van der Waals surface area contributed by atoms with E-state index in [1.165, 1.54) is 0 Å². The summed E-state index contributed by atoms with van der Waals surface area (Å²) in [6, 6.07) is 19.2. The highest BCUT2D eigenvalue weighted by molar-refractivity contribution is 5.89. The Morgan fingerprint density at radius 3 is 2.44 bits per heavy atom. The molecular weight excluding hydrogens is 312 g/mol. The predicted molar refractivity (Wildman–Crippen MR) is 98.8 cm³/mol. The van der Waals surface area contributed by atoms with E-state index >= 15 is 0 Å². The van der Waals surface area contributed by atoms with Crippen LogP contribution in [0.5, 0.6) is 0 Å². The Bertz CT molecular complexity index is 878. The Balaban J connectivity index is 1.59. The van der Waals surface area contributed by atoms with Crippen molar-refractivity contribution >= 4 is 12.0 Å². The fraction of sp³-hybridized carbons (Fsp3) is 0.143. The topological polar surface area (TPSA) is 44.1 Å². The average molecular weight is 332 g/mol. The van der Waals surface area contributed by atoms with Gasteiger partial charge in [0.05, 0.1) is 16.9 Å². The van der Waals surface area contributed by atoms with Gasteiger partial charge in [-0.3, -0.25) is 0 Å². The van der Waals surface area contributed by atoms with Crippen molar-refractivity contribution in [2.75, 3.05) is 6.61 Å². The zero-order valence-electron chi connectivity index (χ0n) is 14.3. The molecule has 1 aromatic heterocycles. The molecule has 0 unspecified atom stereocenters. The maximum absolute atomic E-state index is 12.1. The van der Waals surface area contributed by atoms with Gasteiger partial charge >= 0.3 is 5.97 Å². The van der Waals surface area contributed by atoms with Gasteiger partial charge in [-0.05, 0) is 55.8 Å². The monoisotopic (exact) mass is 332 g/mol. The molecular formula is C21H20N2O2. The molecule has 4 heteroatoms. The van der Waals surface area contributed by atoms with Crippen molar-refractivity contribution in [3.8, 4) is 5.69 Å². The average Bonchev–Trinajstić information content (AvgIpc) is 2.98. The number of nitrogens with zero attached hydrogens (tertiary/aromatic N) is 2. The lowest BCUT2D eigenvalue weighted by atomic mass is 10.2. The second-order valence-corrected chi connectivity index (χ2v) is 5.80. The van der Waals surface area contributed by atoms with E-state index in [1.54, 1.807) is 12.1 Å². The van der Waals surface area contributed by atoms with E-state index in [2.05, 4.69) is 5.10 Å². The number of ether oxygens (including phenoxy) is 1. The highest BCUT2D eigenvalue weighted by Gasteiger charge is 2.08. The maximum Gasteiger partial charge on any atom is 0.338 e. The number of benzene rings is 2.